The molecule has 1 aliphatic rings. The molecule has 33 heavy (non-hydrogen) atoms. The number of carbonyl (C=O) groups excluding carboxylic acids is 1. The molecule has 3 aromatic rings. The van der Waals surface area contributed by atoms with E-state index in [0.29, 0.717) is 18.7 Å². The number of aryl methyl sites for hydroxylation is 1. The molecule has 0 aliphatic carbocycles. The molecule has 1 amide bonds. The van der Waals surface area contributed by atoms with E-state index in [9.17, 15) is 13.2 Å². The first-order valence-corrected chi connectivity index (χ1v) is 12.3. The van der Waals surface area contributed by atoms with Gasteiger partial charge in [-0.2, -0.15) is 0 Å². The van der Waals surface area contributed by atoms with Crippen LogP contribution in [0.4, 0.5) is 11.4 Å². The Labute approximate surface area is 199 Å². The maximum absolute atomic E-state index is 13.1. The third kappa shape index (κ3) is 5.30. The van der Waals surface area contributed by atoms with Crippen molar-refractivity contribution < 1.29 is 13.2 Å². The van der Waals surface area contributed by atoms with Crippen LogP contribution in [-0.4, -0.2) is 26.0 Å². The third-order valence-corrected chi connectivity index (χ3v) is 7.32. The molecule has 0 saturated carbocycles. The number of benzene rings is 3. The van der Waals surface area contributed by atoms with E-state index < -0.39 is 10.0 Å². The molecule has 0 unspecified atom stereocenters. The Morgan fingerprint density at radius 2 is 1.70 bits per heavy atom. The predicted octanol–water partition coefficient (Wildman–Crippen LogP) is 4.27. The first-order valence-electron chi connectivity index (χ1n) is 10.4. The number of rotatable bonds is 5. The highest BCUT2D eigenvalue weighted by Gasteiger charge is 2.30. The summed E-state index contributed by atoms with van der Waals surface area (Å²) in [5.41, 5.74) is 4.38. The molecule has 0 radical (unpaired) electrons. The average Bonchev–Trinajstić information content (AvgIpc) is 3.24. The van der Waals surface area contributed by atoms with Crippen LogP contribution in [0.3, 0.4) is 0 Å². The monoisotopic (exact) mass is 477 g/mol. The van der Waals surface area contributed by atoms with E-state index >= 15 is 0 Å². The smallest absolute Gasteiger partial charge is 0.264 e. The normalized spacial score (nSPS) is 13.1. The number of thiocarbonyl (C=S) groups is 1. The zero-order valence-electron chi connectivity index (χ0n) is 18.0. The molecule has 1 heterocycles. The van der Waals surface area contributed by atoms with E-state index in [-0.39, 0.29) is 15.9 Å². The molecule has 0 atom stereocenters. The SMILES string of the molecule is Cc1ccc(/C=C/C(=O)NC(=S)Nc2ccc(S(=O)(=O)N3CCc4ccccc43)cc2)cc1. The number of para-hydroxylation sites is 1. The van der Waals surface area contributed by atoms with Crippen LogP contribution in [0.1, 0.15) is 16.7 Å². The molecule has 1 aliphatic heterocycles. The maximum atomic E-state index is 13.1. The van der Waals surface area contributed by atoms with Gasteiger partial charge in [0.05, 0.1) is 10.6 Å². The lowest BCUT2D eigenvalue weighted by Crippen LogP contribution is -2.32. The van der Waals surface area contributed by atoms with Crippen molar-refractivity contribution in [3.63, 3.8) is 0 Å². The van der Waals surface area contributed by atoms with E-state index in [1.54, 1.807) is 18.2 Å². The first kappa shape index (κ1) is 22.7. The number of anilines is 2. The molecule has 168 valence electrons. The summed E-state index contributed by atoms with van der Waals surface area (Å²) in [5, 5.41) is 5.60. The number of fused-ring (bicyclic) bond motifs is 1. The van der Waals surface area contributed by atoms with Crippen molar-refractivity contribution in [2.45, 2.75) is 18.2 Å². The number of amides is 1. The molecule has 4 rings (SSSR count). The lowest BCUT2D eigenvalue weighted by Gasteiger charge is -2.19. The molecule has 0 fully saturated rings. The zero-order valence-corrected chi connectivity index (χ0v) is 19.6. The van der Waals surface area contributed by atoms with Crippen LogP contribution in [0.5, 0.6) is 0 Å². The van der Waals surface area contributed by atoms with Crippen molar-refractivity contribution in [1.82, 2.24) is 5.32 Å². The Kier molecular flexibility index (Phi) is 6.57. The van der Waals surface area contributed by atoms with E-state index in [4.69, 9.17) is 12.2 Å². The van der Waals surface area contributed by atoms with Gasteiger partial charge in [0.15, 0.2) is 5.11 Å². The molecule has 8 heteroatoms. The number of hydrogen-bond acceptors (Lipinski definition) is 4. The van der Waals surface area contributed by atoms with E-state index in [0.717, 1.165) is 22.4 Å². The Bertz CT molecular complexity index is 1320. The summed E-state index contributed by atoms with van der Waals surface area (Å²) in [6.07, 6.45) is 3.80. The minimum atomic E-state index is -3.66. The van der Waals surface area contributed by atoms with Gasteiger partial charge in [0.2, 0.25) is 5.91 Å². The van der Waals surface area contributed by atoms with E-state index in [1.165, 1.54) is 22.5 Å². The van der Waals surface area contributed by atoms with Crippen molar-refractivity contribution in [3.8, 4) is 0 Å². The van der Waals surface area contributed by atoms with Crippen LogP contribution in [0.2, 0.25) is 0 Å². The fourth-order valence-electron chi connectivity index (χ4n) is 3.56. The zero-order chi connectivity index (χ0) is 23.4. The Hall–Kier alpha value is -3.49. The van der Waals surface area contributed by atoms with Crippen molar-refractivity contribution in [2.75, 3.05) is 16.2 Å². The summed E-state index contributed by atoms with van der Waals surface area (Å²) >= 11 is 5.19. The van der Waals surface area contributed by atoms with Crippen molar-refractivity contribution in [2.24, 2.45) is 0 Å². The lowest BCUT2D eigenvalue weighted by molar-refractivity contribution is -0.115. The fraction of sp³-hybridized carbons (Fsp3) is 0.120. The molecular weight excluding hydrogens is 454 g/mol. The maximum Gasteiger partial charge on any atom is 0.264 e. The van der Waals surface area contributed by atoms with Gasteiger partial charge in [0.25, 0.3) is 10.0 Å². The Morgan fingerprint density at radius 3 is 2.42 bits per heavy atom. The number of nitrogens with one attached hydrogen (secondary N) is 2. The van der Waals surface area contributed by atoms with E-state index in [1.807, 2.05) is 55.5 Å². The minimum absolute atomic E-state index is 0.123. The van der Waals surface area contributed by atoms with Crippen LogP contribution >= 0.6 is 12.2 Å². The van der Waals surface area contributed by atoms with Crippen LogP contribution < -0.4 is 14.9 Å². The Morgan fingerprint density at radius 1 is 1.00 bits per heavy atom. The Balaban J connectivity index is 1.37. The van der Waals surface area contributed by atoms with Gasteiger partial charge in [0, 0.05) is 18.3 Å². The van der Waals surface area contributed by atoms with Gasteiger partial charge in [-0.1, -0.05) is 48.0 Å². The summed E-state index contributed by atoms with van der Waals surface area (Å²) in [4.78, 5) is 12.3. The molecule has 0 bridgehead atoms. The first-order chi connectivity index (χ1) is 15.8. The van der Waals surface area contributed by atoms with Gasteiger partial charge in [-0.25, -0.2) is 8.42 Å². The average molecular weight is 478 g/mol. The fourth-order valence-corrected chi connectivity index (χ4v) is 5.28. The molecule has 2 N–H and O–H groups in total. The molecule has 6 nitrogen and oxygen atoms in total. The molecule has 0 aromatic heterocycles. The van der Waals surface area contributed by atoms with Crippen molar-refractivity contribution in [1.29, 1.82) is 0 Å². The summed E-state index contributed by atoms with van der Waals surface area (Å²) in [6.45, 7) is 2.42. The summed E-state index contributed by atoms with van der Waals surface area (Å²) in [7, 11) is -3.66. The standard InChI is InChI=1S/C25H23N3O3S2/c1-18-6-8-19(9-7-18)10-15-24(29)27-25(32)26-21-11-13-22(14-12-21)33(30,31)28-17-16-20-4-2-3-5-23(20)28/h2-15H,16-17H2,1H3,(H2,26,27,29,32)/b15-10+. The van der Waals surface area contributed by atoms with E-state index in [2.05, 4.69) is 10.6 Å². The summed E-state index contributed by atoms with van der Waals surface area (Å²) in [5.74, 6) is -0.361. The minimum Gasteiger partial charge on any atom is -0.332 e. The highest BCUT2D eigenvalue weighted by Crippen LogP contribution is 2.32. The number of carbonyl (C=O) groups is 1. The largest absolute Gasteiger partial charge is 0.332 e. The van der Waals surface area contributed by atoms with Crippen LogP contribution in [0, 0.1) is 6.92 Å². The highest BCUT2D eigenvalue weighted by molar-refractivity contribution is 7.92. The second-order valence-corrected chi connectivity index (χ2v) is 9.94. The van der Waals surface area contributed by atoms with Gasteiger partial charge in [0.1, 0.15) is 0 Å². The van der Waals surface area contributed by atoms with Crippen molar-refractivity contribution in [3.05, 3.63) is 95.6 Å². The second-order valence-electron chi connectivity index (χ2n) is 7.67. The van der Waals surface area contributed by atoms with Gasteiger partial charge in [-0.15, -0.1) is 0 Å². The lowest BCUT2D eigenvalue weighted by atomic mass is 10.1. The molecular formula is C25H23N3O3S2. The van der Waals surface area contributed by atoms with Crippen LogP contribution in [-0.2, 0) is 21.2 Å². The predicted molar refractivity (Wildman–Crippen MR) is 136 cm³/mol. The highest BCUT2D eigenvalue weighted by atomic mass is 32.2. The second kappa shape index (κ2) is 9.56. The van der Waals surface area contributed by atoms with Crippen molar-refractivity contribution >= 4 is 50.7 Å². The van der Waals surface area contributed by atoms with Gasteiger partial charge >= 0.3 is 0 Å². The number of nitrogens with zero attached hydrogens (tertiary/aromatic N) is 1. The number of sulfonamides is 1. The third-order valence-electron chi connectivity index (χ3n) is 5.29. The summed E-state index contributed by atoms with van der Waals surface area (Å²) < 4.78 is 27.6. The quantitative estimate of drug-likeness (QED) is 0.424. The van der Waals surface area contributed by atoms with Gasteiger partial charge < -0.3 is 5.32 Å². The topological polar surface area (TPSA) is 78.5 Å². The summed E-state index contributed by atoms with van der Waals surface area (Å²) in [6, 6.07) is 21.6. The molecule has 0 spiro atoms. The van der Waals surface area contributed by atoms with Crippen LogP contribution in [0.25, 0.3) is 6.08 Å². The van der Waals surface area contributed by atoms with Gasteiger partial charge in [-0.3, -0.25) is 14.4 Å². The number of hydrogen-bond donors (Lipinski definition) is 2. The molecule has 3 aromatic carbocycles. The van der Waals surface area contributed by atoms with Gasteiger partial charge in [-0.05, 0) is 73.1 Å². The van der Waals surface area contributed by atoms with Crippen LogP contribution in [0.15, 0.2) is 83.8 Å². The molecule has 0 saturated heterocycles.